The predicted molar refractivity (Wildman–Crippen MR) is 165 cm³/mol. The smallest absolute Gasteiger partial charge is 0.411 e. The van der Waals surface area contributed by atoms with Crippen LogP contribution < -0.4 is 5.32 Å². The van der Waals surface area contributed by atoms with Crippen molar-refractivity contribution in [3.8, 4) is 0 Å². The van der Waals surface area contributed by atoms with Gasteiger partial charge in [0.25, 0.3) is 0 Å². The molecule has 2 aliphatic rings. The largest absolute Gasteiger partial charge is 0.461 e. The molecule has 7 nitrogen and oxygen atoms in total. The fourth-order valence-electron chi connectivity index (χ4n) is 7.18. The Morgan fingerprint density at radius 3 is 2.44 bits per heavy atom. The molecule has 1 unspecified atom stereocenters. The second kappa shape index (κ2) is 12.9. The van der Waals surface area contributed by atoms with Crippen molar-refractivity contribution >= 4 is 43.5 Å². The lowest BCUT2D eigenvalue weighted by atomic mass is 9.62. The Hall–Kier alpha value is -2.39. The third-order valence-corrected chi connectivity index (χ3v) is 11.7. The van der Waals surface area contributed by atoms with Gasteiger partial charge in [0.05, 0.1) is 23.7 Å². The molecule has 2 aliphatic carbocycles. The van der Waals surface area contributed by atoms with E-state index in [0.29, 0.717) is 11.3 Å². The van der Waals surface area contributed by atoms with Gasteiger partial charge in [0.15, 0.2) is 9.84 Å². The Morgan fingerprint density at radius 1 is 1.07 bits per heavy atom. The SMILES string of the molecule is C[C@H](CS(=O)(=O)CC(C)(C)COC(=O)c1ccccc1)[C@H]1CC[C@H]2C(OC(=O)Nc3ccc(Br)cc3)CCC[C@]12C. The first-order valence-corrected chi connectivity index (χ1v) is 17.1. The molecule has 0 aromatic heterocycles. The highest BCUT2D eigenvalue weighted by atomic mass is 79.9. The molecule has 0 bridgehead atoms. The van der Waals surface area contributed by atoms with E-state index in [2.05, 4.69) is 28.2 Å². The first-order chi connectivity index (χ1) is 19.3. The van der Waals surface area contributed by atoms with Gasteiger partial charge in [0, 0.05) is 21.5 Å². The molecule has 5 atom stereocenters. The Morgan fingerprint density at radius 2 is 1.76 bits per heavy atom. The van der Waals surface area contributed by atoms with Crippen LogP contribution in [-0.4, -0.2) is 44.7 Å². The Kier molecular flexibility index (Phi) is 9.89. The van der Waals surface area contributed by atoms with Gasteiger partial charge >= 0.3 is 12.1 Å². The second-order valence-corrected chi connectivity index (χ2v) is 15.9. The van der Waals surface area contributed by atoms with Crippen molar-refractivity contribution in [3.05, 3.63) is 64.6 Å². The summed E-state index contributed by atoms with van der Waals surface area (Å²) in [7, 11) is -3.41. The van der Waals surface area contributed by atoms with E-state index in [1.165, 1.54) is 0 Å². The summed E-state index contributed by atoms with van der Waals surface area (Å²) in [5.41, 5.74) is 0.329. The van der Waals surface area contributed by atoms with Crippen LogP contribution in [0.2, 0.25) is 0 Å². The molecule has 4 rings (SSSR count). The summed E-state index contributed by atoms with van der Waals surface area (Å²) >= 11 is 3.40. The number of esters is 1. The van der Waals surface area contributed by atoms with Gasteiger partial charge in [-0.05, 0) is 85.8 Å². The molecule has 2 fully saturated rings. The number of hydrogen-bond acceptors (Lipinski definition) is 6. The van der Waals surface area contributed by atoms with Crippen molar-refractivity contribution in [2.75, 3.05) is 23.4 Å². The molecule has 1 amide bonds. The summed E-state index contributed by atoms with van der Waals surface area (Å²) in [4.78, 5) is 25.1. The molecule has 0 radical (unpaired) electrons. The van der Waals surface area contributed by atoms with Crippen LogP contribution in [0.1, 0.15) is 70.2 Å². The fraction of sp³-hybridized carbons (Fsp3) is 0.562. The molecule has 0 saturated heterocycles. The Balaban J connectivity index is 1.33. The van der Waals surface area contributed by atoms with Gasteiger partial charge in [-0.15, -0.1) is 0 Å². The standard InChI is InChI=1S/C32H42BrNO6S/c1-22(19-41(37,38)21-31(2,3)20-39-29(35)23-9-6-5-7-10-23)26-16-17-27-28(11-8-18-32(26,27)4)40-30(36)34-25-14-12-24(33)13-15-25/h5-7,9-10,12-15,22,26-28H,8,11,16-21H2,1-4H3,(H,34,36)/t22-,26-,27+,28?,32-/m1/s1. The topological polar surface area (TPSA) is 98.8 Å². The maximum Gasteiger partial charge on any atom is 0.411 e. The molecule has 2 saturated carbocycles. The Labute approximate surface area is 252 Å². The van der Waals surface area contributed by atoms with Crippen LogP contribution in [0.4, 0.5) is 10.5 Å². The van der Waals surface area contributed by atoms with Gasteiger partial charge in [0.1, 0.15) is 6.10 Å². The van der Waals surface area contributed by atoms with Crippen molar-refractivity contribution in [2.24, 2.45) is 28.6 Å². The molecular formula is C32H42BrNO6S. The number of amides is 1. The van der Waals surface area contributed by atoms with E-state index in [1.54, 1.807) is 24.3 Å². The van der Waals surface area contributed by atoms with E-state index in [1.807, 2.05) is 51.1 Å². The quantitative estimate of drug-likeness (QED) is 0.268. The average Bonchev–Trinajstić information content (AvgIpc) is 3.26. The van der Waals surface area contributed by atoms with Crippen molar-refractivity contribution in [1.82, 2.24) is 0 Å². The molecule has 1 N–H and O–H groups in total. The summed E-state index contributed by atoms with van der Waals surface area (Å²) in [6.07, 6.45) is 3.98. The van der Waals surface area contributed by atoms with Crippen molar-refractivity contribution in [3.63, 3.8) is 0 Å². The minimum Gasteiger partial charge on any atom is -0.461 e. The van der Waals surface area contributed by atoms with E-state index in [0.717, 1.165) is 36.6 Å². The number of anilines is 1. The lowest BCUT2D eigenvalue weighted by molar-refractivity contribution is -0.0304. The summed E-state index contributed by atoms with van der Waals surface area (Å²) < 4.78 is 39.1. The molecule has 0 aliphatic heterocycles. The van der Waals surface area contributed by atoms with Gasteiger partial charge in [-0.3, -0.25) is 5.32 Å². The highest BCUT2D eigenvalue weighted by Crippen LogP contribution is 2.58. The zero-order valence-electron chi connectivity index (χ0n) is 24.4. The van der Waals surface area contributed by atoms with Gasteiger partial charge in [-0.2, -0.15) is 0 Å². The van der Waals surface area contributed by atoms with Crippen LogP contribution in [0, 0.1) is 28.6 Å². The number of carbonyl (C=O) groups is 2. The number of nitrogens with one attached hydrogen (secondary N) is 1. The molecule has 9 heteroatoms. The molecule has 41 heavy (non-hydrogen) atoms. The number of sulfone groups is 1. The highest BCUT2D eigenvalue weighted by molar-refractivity contribution is 9.10. The summed E-state index contributed by atoms with van der Waals surface area (Å²) in [5, 5.41) is 2.83. The third kappa shape index (κ3) is 8.13. The van der Waals surface area contributed by atoms with Gasteiger partial charge < -0.3 is 9.47 Å². The number of ether oxygens (including phenoxy) is 2. The first-order valence-electron chi connectivity index (χ1n) is 14.4. The first kappa shape index (κ1) is 31.5. The zero-order chi connectivity index (χ0) is 29.8. The number of fused-ring (bicyclic) bond motifs is 1. The predicted octanol–water partition coefficient (Wildman–Crippen LogP) is 7.52. The van der Waals surface area contributed by atoms with E-state index in [9.17, 15) is 18.0 Å². The molecule has 2 aromatic carbocycles. The van der Waals surface area contributed by atoms with Crippen LogP contribution in [-0.2, 0) is 19.3 Å². The van der Waals surface area contributed by atoms with E-state index in [4.69, 9.17) is 9.47 Å². The summed E-state index contributed by atoms with van der Waals surface area (Å²) in [6.45, 7) is 7.97. The van der Waals surface area contributed by atoms with E-state index in [-0.39, 0.29) is 47.4 Å². The van der Waals surface area contributed by atoms with Crippen molar-refractivity contribution in [1.29, 1.82) is 0 Å². The van der Waals surface area contributed by atoms with Crippen LogP contribution >= 0.6 is 15.9 Å². The minimum absolute atomic E-state index is 0.0267. The van der Waals surface area contributed by atoms with Crippen LogP contribution in [0.5, 0.6) is 0 Å². The summed E-state index contributed by atoms with van der Waals surface area (Å²) in [5.74, 6) is -0.0209. The lowest BCUT2D eigenvalue weighted by Gasteiger charge is -2.46. The number of benzene rings is 2. The van der Waals surface area contributed by atoms with Crippen molar-refractivity contribution in [2.45, 2.75) is 65.9 Å². The monoisotopic (exact) mass is 647 g/mol. The van der Waals surface area contributed by atoms with E-state index >= 15 is 0 Å². The van der Waals surface area contributed by atoms with Gasteiger partial charge in [-0.25, -0.2) is 18.0 Å². The maximum absolute atomic E-state index is 13.4. The Bertz CT molecular complexity index is 1310. The third-order valence-electron chi connectivity index (χ3n) is 8.90. The summed E-state index contributed by atoms with van der Waals surface area (Å²) in [6, 6.07) is 16.1. The minimum atomic E-state index is -3.41. The van der Waals surface area contributed by atoms with Crippen LogP contribution in [0.25, 0.3) is 0 Å². The molecule has 0 heterocycles. The lowest BCUT2D eigenvalue weighted by Crippen LogP contribution is -2.44. The highest BCUT2D eigenvalue weighted by Gasteiger charge is 2.54. The average molecular weight is 649 g/mol. The van der Waals surface area contributed by atoms with Crippen LogP contribution in [0.15, 0.2) is 59.1 Å². The molecular weight excluding hydrogens is 606 g/mol. The number of halogens is 1. The maximum atomic E-state index is 13.4. The van der Waals surface area contributed by atoms with Gasteiger partial charge in [0.2, 0.25) is 0 Å². The zero-order valence-corrected chi connectivity index (χ0v) is 26.8. The molecule has 224 valence electrons. The van der Waals surface area contributed by atoms with Gasteiger partial charge in [-0.1, -0.05) is 61.8 Å². The number of carbonyl (C=O) groups excluding carboxylic acids is 2. The fourth-order valence-corrected chi connectivity index (χ4v) is 9.87. The van der Waals surface area contributed by atoms with E-state index < -0.39 is 27.3 Å². The number of hydrogen-bond donors (Lipinski definition) is 1. The number of rotatable bonds is 10. The van der Waals surface area contributed by atoms with Crippen LogP contribution in [0.3, 0.4) is 0 Å². The van der Waals surface area contributed by atoms with Crippen molar-refractivity contribution < 1.29 is 27.5 Å². The molecule has 0 spiro atoms. The normalized spacial score (nSPS) is 25.1. The second-order valence-electron chi connectivity index (χ2n) is 12.9. The molecule has 2 aromatic rings.